The summed E-state index contributed by atoms with van der Waals surface area (Å²) in [6.07, 6.45) is 6.90. The van der Waals surface area contributed by atoms with Gasteiger partial charge in [-0.2, -0.15) is 0 Å². The summed E-state index contributed by atoms with van der Waals surface area (Å²) in [5.41, 5.74) is 7.30. The molecule has 2 heterocycles. The fraction of sp³-hybridized carbons (Fsp3) is 0.176. The van der Waals surface area contributed by atoms with Crippen molar-refractivity contribution in [3.05, 3.63) is 54.4 Å². The first-order valence-electron chi connectivity index (χ1n) is 7.65. The van der Waals surface area contributed by atoms with Gasteiger partial charge in [0.1, 0.15) is 0 Å². The number of benzene rings is 1. The Kier molecular flexibility index (Phi) is 3.45. The van der Waals surface area contributed by atoms with Crippen LogP contribution in [0.1, 0.15) is 35.1 Å². The van der Waals surface area contributed by atoms with Crippen LogP contribution in [0, 0.1) is 0 Å². The molecule has 0 spiro atoms. The number of nitrogens with two attached hydrogens (primary N) is 1. The van der Waals surface area contributed by atoms with Crippen molar-refractivity contribution in [3.63, 3.8) is 0 Å². The Hall–Kier alpha value is -3.22. The average Bonchev–Trinajstić information content (AvgIpc) is 3.33. The first kappa shape index (κ1) is 14.4. The summed E-state index contributed by atoms with van der Waals surface area (Å²) < 4.78 is 5.77. The number of hydrogen-bond donors (Lipinski definition) is 2. The molecule has 1 aliphatic rings. The predicted molar refractivity (Wildman–Crippen MR) is 88.3 cm³/mol. The summed E-state index contributed by atoms with van der Waals surface area (Å²) in [5.74, 6) is 1.72. The second kappa shape index (κ2) is 5.77. The molecule has 1 fully saturated rings. The number of carbonyl (C=O) groups is 1. The Labute approximate surface area is 138 Å². The summed E-state index contributed by atoms with van der Waals surface area (Å²) in [6.45, 7) is 0. The predicted octanol–water partition coefficient (Wildman–Crippen LogP) is 2.84. The molecule has 0 aliphatic heterocycles. The van der Waals surface area contributed by atoms with Crippen LogP contribution in [-0.2, 0) is 0 Å². The number of nitrogens with zero attached hydrogens (tertiary/aromatic N) is 3. The van der Waals surface area contributed by atoms with Crippen LogP contribution in [-0.4, -0.2) is 20.9 Å². The number of hydrogen-bond acceptors (Lipinski definition) is 6. The molecule has 3 N–H and O–H groups in total. The topological polar surface area (TPSA) is 107 Å². The van der Waals surface area contributed by atoms with Gasteiger partial charge in [-0.25, -0.2) is 15.0 Å². The number of nitrogen functional groups attached to an aromatic ring is 1. The van der Waals surface area contributed by atoms with E-state index in [4.69, 9.17) is 10.2 Å². The van der Waals surface area contributed by atoms with Gasteiger partial charge < -0.3 is 15.5 Å². The van der Waals surface area contributed by atoms with Crippen LogP contribution in [0.2, 0.25) is 0 Å². The van der Waals surface area contributed by atoms with E-state index in [9.17, 15) is 4.79 Å². The van der Waals surface area contributed by atoms with Gasteiger partial charge in [0.2, 0.25) is 0 Å². The van der Waals surface area contributed by atoms with E-state index in [1.165, 1.54) is 12.4 Å². The van der Waals surface area contributed by atoms with E-state index in [1.807, 2.05) is 12.1 Å². The number of oxazole rings is 1. The second-order valence-corrected chi connectivity index (χ2v) is 5.66. The molecule has 1 saturated carbocycles. The van der Waals surface area contributed by atoms with E-state index in [1.54, 1.807) is 18.3 Å². The van der Waals surface area contributed by atoms with E-state index >= 15 is 0 Å². The largest absolute Gasteiger partial charge is 0.440 e. The van der Waals surface area contributed by atoms with Gasteiger partial charge in [-0.05, 0) is 37.1 Å². The maximum atomic E-state index is 12.2. The van der Waals surface area contributed by atoms with Gasteiger partial charge in [-0.15, -0.1) is 0 Å². The first-order chi connectivity index (χ1) is 11.7. The van der Waals surface area contributed by atoms with Crippen LogP contribution in [0.3, 0.4) is 0 Å². The number of rotatable bonds is 4. The van der Waals surface area contributed by atoms with Crippen molar-refractivity contribution in [2.45, 2.75) is 18.8 Å². The monoisotopic (exact) mass is 321 g/mol. The molecule has 1 aliphatic carbocycles. The van der Waals surface area contributed by atoms with Crippen molar-refractivity contribution in [2.24, 2.45) is 0 Å². The Morgan fingerprint density at radius 3 is 2.58 bits per heavy atom. The van der Waals surface area contributed by atoms with E-state index in [0.717, 1.165) is 30.1 Å². The van der Waals surface area contributed by atoms with Gasteiger partial charge >= 0.3 is 0 Å². The highest BCUT2D eigenvalue weighted by atomic mass is 16.4. The minimum absolute atomic E-state index is 0.0980. The maximum absolute atomic E-state index is 12.2. The van der Waals surface area contributed by atoms with Gasteiger partial charge in [0.25, 0.3) is 5.91 Å². The number of amides is 1. The molecule has 1 amide bonds. The van der Waals surface area contributed by atoms with Crippen LogP contribution in [0.5, 0.6) is 0 Å². The van der Waals surface area contributed by atoms with E-state index in [2.05, 4.69) is 20.3 Å². The molecule has 7 nitrogen and oxygen atoms in total. The normalized spacial score (nSPS) is 13.7. The third-order valence-corrected chi connectivity index (χ3v) is 3.82. The first-order valence-corrected chi connectivity index (χ1v) is 7.65. The van der Waals surface area contributed by atoms with E-state index in [0.29, 0.717) is 11.6 Å². The Morgan fingerprint density at radius 2 is 1.88 bits per heavy atom. The highest BCUT2D eigenvalue weighted by molar-refractivity contribution is 6.05. The van der Waals surface area contributed by atoms with Crippen molar-refractivity contribution in [2.75, 3.05) is 11.1 Å². The van der Waals surface area contributed by atoms with Crippen molar-refractivity contribution in [1.82, 2.24) is 15.0 Å². The molecule has 2 aromatic heterocycles. The zero-order chi connectivity index (χ0) is 16.5. The zero-order valence-corrected chi connectivity index (χ0v) is 12.8. The number of anilines is 2. The second-order valence-electron chi connectivity index (χ2n) is 5.66. The molecule has 4 rings (SSSR count). The molecule has 120 valence electrons. The van der Waals surface area contributed by atoms with Gasteiger partial charge in [0.05, 0.1) is 6.20 Å². The molecule has 1 aromatic carbocycles. The van der Waals surface area contributed by atoms with Gasteiger partial charge in [-0.1, -0.05) is 0 Å². The van der Waals surface area contributed by atoms with Crippen LogP contribution >= 0.6 is 0 Å². The molecule has 3 aromatic rings. The smallest absolute Gasteiger partial charge is 0.278 e. The van der Waals surface area contributed by atoms with Gasteiger partial charge in [0.15, 0.2) is 23.2 Å². The molecule has 0 radical (unpaired) electrons. The SMILES string of the molecule is Nc1nccnc1C(=O)Nc1ccc(-c2cnc(C3CC3)o2)cc1. The lowest BCUT2D eigenvalue weighted by atomic mass is 10.1. The molecule has 0 atom stereocenters. The van der Waals surface area contributed by atoms with Crippen LogP contribution in [0.4, 0.5) is 11.5 Å². The fourth-order valence-corrected chi connectivity index (χ4v) is 2.37. The summed E-state index contributed by atoms with van der Waals surface area (Å²) in [4.78, 5) is 24.3. The third kappa shape index (κ3) is 2.83. The Balaban J connectivity index is 1.49. The van der Waals surface area contributed by atoms with E-state index < -0.39 is 5.91 Å². The fourth-order valence-electron chi connectivity index (χ4n) is 2.37. The lowest BCUT2D eigenvalue weighted by molar-refractivity contribution is 0.102. The highest BCUT2D eigenvalue weighted by Gasteiger charge is 2.28. The molecular formula is C17H15N5O2. The van der Waals surface area contributed by atoms with Crippen LogP contribution in [0.15, 0.2) is 47.3 Å². The molecule has 24 heavy (non-hydrogen) atoms. The average molecular weight is 321 g/mol. The molecule has 0 bridgehead atoms. The maximum Gasteiger partial charge on any atom is 0.278 e. The standard InChI is InChI=1S/C17H15N5O2/c18-15-14(19-7-8-20-15)16(23)22-12-5-3-10(4-6-12)13-9-21-17(24-13)11-1-2-11/h3-9,11H,1-2H2,(H2,18,20)(H,22,23). The van der Waals surface area contributed by atoms with Gasteiger partial charge in [-0.3, -0.25) is 4.79 Å². The molecule has 0 unspecified atom stereocenters. The van der Waals surface area contributed by atoms with Gasteiger partial charge in [0, 0.05) is 29.6 Å². The summed E-state index contributed by atoms with van der Waals surface area (Å²) >= 11 is 0. The third-order valence-electron chi connectivity index (χ3n) is 3.82. The van der Waals surface area contributed by atoms with Crippen molar-refractivity contribution >= 4 is 17.4 Å². The summed E-state index contributed by atoms with van der Waals surface area (Å²) in [6, 6.07) is 7.32. The number of nitrogens with one attached hydrogen (secondary N) is 1. The molecular weight excluding hydrogens is 306 g/mol. The van der Waals surface area contributed by atoms with Crippen LogP contribution < -0.4 is 11.1 Å². The molecule has 0 saturated heterocycles. The minimum Gasteiger partial charge on any atom is -0.440 e. The van der Waals surface area contributed by atoms with Crippen molar-refractivity contribution in [3.8, 4) is 11.3 Å². The van der Waals surface area contributed by atoms with Crippen molar-refractivity contribution in [1.29, 1.82) is 0 Å². The summed E-state index contributed by atoms with van der Waals surface area (Å²) in [5, 5.41) is 2.74. The van der Waals surface area contributed by atoms with Crippen LogP contribution in [0.25, 0.3) is 11.3 Å². The molecule has 7 heteroatoms. The Bertz CT molecular complexity index is 884. The zero-order valence-electron chi connectivity index (χ0n) is 12.8. The lowest BCUT2D eigenvalue weighted by Crippen LogP contribution is -2.16. The summed E-state index contributed by atoms with van der Waals surface area (Å²) in [7, 11) is 0. The Morgan fingerprint density at radius 1 is 1.12 bits per heavy atom. The number of carbonyl (C=O) groups excluding carboxylic acids is 1. The minimum atomic E-state index is -0.399. The van der Waals surface area contributed by atoms with E-state index in [-0.39, 0.29) is 11.5 Å². The quantitative estimate of drug-likeness (QED) is 0.765. The highest BCUT2D eigenvalue weighted by Crippen LogP contribution is 2.40. The van der Waals surface area contributed by atoms with Crippen molar-refractivity contribution < 1.29 is 9.21 Å². The lowest BCUT2D eigenvalue weighted by Gasteiger charge is -2.06. The number of aromatic nitrogens is 3.